The maximum atomic E-state index is 12.1. The lowest BCUT2D eigenvalue weighted by Crippen LogP contribution is -2.37. The van der Waals surface area contributed by atoms with Gasteiger partial charge in [0.2, 0.25) is 5.91 Å². The molecule has 0 aromatic heterocycles. The predicted molar refractivity (Wildman–Crippen MR) is 81.1 cm³/mol. The summed E-state index contributed by atoms with van der Waals surface area (Å²) in [6.07, 6.45) is 2.05. The second-order valence-corrected chi connectivity index (χ2v) is 6.23. The van der Waals surface area contributed by atoms with Crippen molar-refractivity contribution < 1.29 is 4.79 Å². The van der Waals surface area contributed by atoms with Crippen molar-refractivity contribution >= 4 is 50.1 Å². The van der Waals surface area contributed by atoms with Crippen molar-refractivity contribution in [2.24, 2.45) is 5.92 Å². The van der Waals surface area contributed by atoms with Crippen LogP contribution in [0.2, 0.25) is 0 Å². The topological polar surface area (TPSA) is 41.1 Å². The maximum Gasteiger partial charge on any atom is 0.228 e. The Hall–Kier alpha value is -0.140. The molecule has 1 atom stereocenters. The predicted octanol–water partition coefficient (Wildman–Crippen LogP) is 2.99. The minimum atomic E-state index is 0.0959. The van der Waals surface area contributed by atoms with Crippen LogP contribution in [0.1, 0.15) is 12.8 Å². The smallest absolute Gasteiger partial charge is 0.228 e. The number of rotatable bonds is 2. The van der Waals surface area contributed by atoms with E-state index in [1.54, 1.807) is 0 Å². The van der Waals surface area contributed by atoms with Gasteiger partial charge in [0.15, 0.2) is 0 Å². The van der Waals surface area contributed by atoms with Gasteiger partial charge in [-0.05, 0) is 60.2 Å². The molecule has 0 aliphatic carbocycles. The number of benzene rings is 1. The minimum absolute atomic E-state index is 0.0959. The van der Waals surface area contributed by atoms with Crippen molar-refractivity contribution in [3.05, 3.63) is 26.2 Å². The quantitative estimate of drug-likeness (QED) is 0.738. The molecule has 17 heavy (non-hydrogen) atoms. The molecule has 0 unspecified atom stereocenters. The van der Waals surface area contributed by atoms with Crippen molar-refractivity contribution in [1.29, 1.82) is 0 Å². The highest BCUT2D eigenvalue weighted by Gasteiger charge is 2.21. The molecule has 1 heterocycles. The third kappa shape index (κ3) is 3.66. The zero-order valence-corrected chi connectivity index (χ0v) is 13.0. The van der Waals surface area contributed by atoms with Crippen LogP contribution in [0.5, 0.6) is 0 Å². The fourth-order valence-corrected chi connectivity index (χ4v) is 2.74. The second kappa shape index (κ2) is 6.15. The Kier molecular flexibility index (Phi) is 4.81. The summed E-state index contributed by atoms with van der Waals surface area (Å²) in [6, 6.07) is 5.90. The van der Waals surface area contributed by atoms with E-state index in [-0.39, 0.29) is 11.8 Å². The Balaban J connectivity index is 2.04. The van der Waals surface area contributed by atoms with Crippen LogP contribution in [-0.4, -0.2) is 19.0 Å². The molecule has 2 N–H and O–H groups in total. The van der Waals surface area contributed by atoms with Gasteiger partial charge in [0.05, 0.1) is 11.6 Å². The molecular weight excluding hydrogens is 395 g/mol. The number of hydrogen-bond acceptors (Lipinski definition) is 2. The largest absolute Gasteiger partial charge is 0.325 e. The van der Waals surface area contributed by atoms with E-state index in [0.29, 0.717) is 0 Å². The Labute approximate surface area is 123 Å². The molecule has 3 nitrogen and oxygen atoms in total. The van der Waals surface area contributed by atoms with Gasteiger partial charge in [-0.15, -0.1) is 0 Å². The first-order chi connectivity index (χ1) is 8.16. The summed E-state index contributed by atoms with van der Waals surface area (Å²) < 4.78 is 2.04. The standard InChI is InChI=1S/C12H14BrIN2O/c13-9-3-4-10(14)11(6-9)16-12(17)8-2-1-5-15-7-8/h3-4,6,8,15H,1-2,5,7H2,(H,16,17)/t8-/m0/s1. The number of halogens is 2. The fourth-order valence-electron chi connectivity index (χ4n) is 1.90. The lowest BCUT2D eigenvalue weighted by molar-refractivity contribution is -0.120. The van der Waals surface area contributed by atoms with Crippen LogP contribution in [0.4, 0.5) is 5.69 Å². The molecule has 1 fully saturated rings. The average Bonchev–Trinajstić information content (AvgIpc) is 2.35. The molecule has 1 aromatic carbocycles. The summed E-state index contributed by atoms with van der Waals surface area (Å²) in [5, 5.41) is 6.26. The SMILES string of the molecule is O=C(Nc1cc(Br)ccc1I)[C@H]1CCCNC1. The highest BCUT2D eigenvalue weighted by molar-refractivity contribution is 14.1. The first-order valence-corrected chi connectivity index (χ1v) is 7.50. The van der Waals surface area contributed by atoms with Gasteiger partial charge >= 0.3 is 0 Å². The Morgan fingerprint density at radius 3 is 3.06 bits per heavy atom. The van der Waals surface area contributed by atoms with Gasteiger partial charge < -0.3 is 10.6 Å². The Morgan fingerprint density at radius 1 is 1.53 bits per heavy atom. The molecule has 0 bridgehead atoms. The monoisotopic (exact) mass is 408 g/mol. The van der Waals surface area contributed by atoms with Crippen LogP contribution in [0, 0.1) is 9.49 Å². The van der Waals surface area contributed by atoms with E-state index in [4.69, 9.17) is 0 Å². The molecule has 0 radical (unpaired) electrons. The van der Waals surface area contributed by atoms with E-state index in [0.717, 1.165) is 39.7 Å². The number of carbonyl (C=O) groups excluding carboxylic acids is 1. The lowest BCUT2D eigenvalue weighted by atomic mass is 9.99. The first kappa shape index (κ1) is 13.3. The summed E-state index contributed by atoms with van der Waals surface area (Å²) in [7, 11) is 0. The number of amides is 1. The molecule has 1 aliphatic rings. The maximum absolute atomic E-state index is 12.1. The van der Waals surface area contributed by atoms with Gasteiger partial charge in [-0.3, -0.25) is 4.79 Å². The van der Waals surface area contributed by atoms with E-state index in [9.17, 15) is 4.79 Å². The molecule has 1 amide bonds. The van der Waals surface area contributed by atoms with Crippen LogP contribution < -0.4 is 10.6 Å². The number of carbonyl (C=O) groups is 1. The normalized spacial score (nSPS) is 20.0. The van der Waals surface area contributed by atoms with Gasteiger partial charge in [0.25, 0.3) is 0 Å². The van der Waals surface area contributed by atoms with Gasteiger partial charge in [-0.2, -0.15) is 0 Å². The summed E-state index contributed by atoms with van der Waals surface area (Å²) in [6.45, 7) is 1.81. The van der Waals surface area contributed by atoms with Crippen LogP contribution in [-0.2, 0) is 4.79 Å². The highest BCUT2D eigenvalue weighted by Crippen LogP contribution is 2.24. The third-order valence-electron chi connectivity index (χ3n) is 2.85. The van der Waals surface area contributed by atoms with Crippen LogP contribution in [0.3, 0.4) is 0 Å². The van der Waals surface area contributed by atoms with Gasteiger partial charge in [-0.25, -0.2) is 0 Å². The van der Waals surface area contributed by atoms with Gasteiger partial charge in [-0.1, -0.05) is 15.9 Å². The number of anilines is 1. The molecule has 92 valence electrons. The molecule has 2 rings (SSSR count). The number of piperidine rings is 1. The zero-order chi connectivity index (χ0) is 12.3. The molecule has 0 spiro atoms. The minimum Gasteiger partial charge on any atom is -0.325 e. The summed E-state index contributed by atoms with van der Waals surface area (Å²) in [4.78, 5) is 12.1. The van der Waals surface area contributed by atoms with Crippen molar-refractivity contribution in [3.8, 4) is 0 Å². The van der Waals surface area contributed by atoms with Crippen LogP contribution in [0.15, 0.2) is 22.7 Å². The van der Waals surface area contributed by atoms with E-state index >= 15 is 0 Å². The molecule has 5 heteroatoms. The van der Waals surface area contributed by atoms with Gasteiger partial charge in [0, 0.05) is 14.6 Å². The fraction of sp³-hybridized carbons (Fsp3) is 0.417. The highest BCUT2D eigenvalue weighted by atomic mass is 127. The number of nitrogens with one attached hydrogen (secondary N) is 2. The van der Waals surface area contributed by atoms with Crippen molar-refractivity contribution in [1.82, 2.24) is 5.32 Å². The zero-order valence-electron chi connectivity index (χ0n) is 9.30. The Bertz CT molecular complexity index is 419. The van der Waals surface area contributed by atoms with E-state index in [1.807, 2.05) is 18.2 Å². The first-order valence-electron chi connectivity index (χ1n) is 5.63. The lowest BCUT2D eigenvalue weighted by Gasteiger charge is -2.22. The summed E-state index contributed by atoms with van der Waals surface area (Å²) in [5.41, 5.74) is 0.885. The average molecular weight is 409 g/mol. The van der Waals surface area contributed by atoms with Crippen molar-refractivity contribution in [2.45, 2.75) is 12.8 Å². The second-order valence-electron chi connectivity index (χ2n) is 4.16. The molecule has 1 aliphatic heterocycles. The van der Waals surface area contributed by atoms with Crippen molar-refractivity contribution in [2.75, 3.05) is 18.4 Å². The van der Waals surface area contributed by atoms with E-state index in [1.165, 1.54) is 0 Å². The summed E-state index contributed by atoms with van der Waals surface area (Å²) in [5.74, 6) is 0.215. The molecule has 0 saturated carbocycles. The third-order valence-corrected chi connectivity index (χ3v) is 4.29. The Morgan fingerprint density at radius 2 is 2.35 bits per heavy atom. The molecule has 1 saturated heterocycles. The van der Waals surface area contributed by atoms with Gasteiger partial charge in [0.1, 0.15) is 0 Å². The summed E-state index contributed by atoms with van der Waals surface area (Å²) >= 11 is 5.65. The van der Waals surface area contributed by atoms with E-state index < -0.39 is 0 Å². The van der Waals surface area contributed by atoms with Crippen LogP contribution >= 0.6 is 38.5 Å². The van der Waals surface area contributed by atoms with Crippen molar-refractivity contribution in [3.63, 3.8) is 0 Å². The van der Waals surface area contributed by atoms with Crippen LogP contribution in [0.25, 0.3) is 0 Å². The molecule has 1 aromatic rings. The number of hydrogen-bond donors (Lipinski definition) is 2. The molecular formula is C12H14BrIN2O. The van der Waals surface area contributed by atoms with E-state index in [2.05, 4.69) is 49.2 Å².